The number of Topliss-reactive ketones (excluding diaryl/α,β-unsaturated/α-hetero) is 1. The number of phenols is 2. The molecule has 1 fully saturated rings. The average molecular weight is 718 g/mol. The molecule has 1 aliphatic heterocycles. The van der Waals surface area contributed by atoms with E-state index in [1.54, 1.807) is 0 Å². The van der Waals surface area contributed by atoms with Crippen LogP contribution in [0, 0.1) is 0 Å². The summed E-state index contributed by atoms with van der Waals surface area (Å²) in [6.45, 7) is 3.38. The van der Waals surface area contributed by atoms with Gasteiger partial charge in [-0.2, -0.15) is 0 Å². The molecule has 1 aliphatic rings. The van der Waals surface area contributed by atoms with Gasteiger partial charge in [0, 0.05) is 72.7 Å². The lowest BCUT2D eigenvalue weighted by molar-refractivity contribution is -0.112. The second-order valence-corrected chi connectivity index (χ2v) is 11.6. The summed E-state index contributed by atoms with van der Waals surface area (Å²) in [6, 6.07) is 7.86. The lowest BCUT2D eigenvalue weighted by Crippen LogP contribution is -2.32. The summed E-state index contributed by atoms with van der Waals surface area (Å²) in [5, 5.41) is 25.1. The van der Waals surface area contributed by atoms with Gasteiger partial charge in [-0.05, 0) is 104 Å². The first kappa shape index (κ1) is 46.9. The Morgan fingerprint density at radius 3 is 1.05 bits per heavy atom. The number of nitrogens with one attached hydrogen (secondary N) is 1. The highest BCUT2D eigenvalue weighted by molar-refractivity contribution is 6.14. The van der Waals surface area contributed by atoms with Gasteiger partial charge >= 0.3 is 0 Å². The third-order valence-corrected chi connectivity index (χ3v) is 6.42. The Morgan fingerprint density at radius 1 is 0.568 bits per heavy atom. The van der Waals surface area contributed by atoms with Crippen molar-refractivity contribution in [3.05, 3.63) is 68.8 Å². The molecule has 8 nitrogen and oxygen atoms in total. The first-order valence-corrected chi connectivity index (χ1v) is 13.3. The Bertz CT molecular complexity index is 1110. The van der Waals surface area contributed by atoms with Crippen molar-refractivity contribution in [2.45, 2.75) is 26.2 Å². The minimum Gasteiger partial charge on any atom is -0.507 e. The van der Waals surface area contributed by atoms with Crippen molar-refractivity contribution in [2.75, 3.05) is 69.5 Å². The van der Waals surface area contributed by atoms with E-state index in [0.717, 1.165) is 33.4 Å². The molecule has 3 rings (SSSR count). The fourth-order valence-corrected chi connectivity index (χ4v) is 4.92. The normalized spacial score (nSPS) is 14.7. The molecule has 0 amide bonds. The quantitative estimate of drug-likeness (QED) is 0.294. The van der Waals surface area contributed by atoms with E-state index in [2.05, 4.69) is 5.32 Å². The Morgan fingerprint density at radius 2 is 0.818 bits per heavy atom. The molecule has 44 heavy (non-hydrogen) atoms. The number of aromatic hydroxyl groups is 2. The molecule has 2 aromatic rings. The summed E-state index contributed by atoms with van der Waals surface area (Å²) in [5.74, 6) is 0.631. The van der Waals surface area contributed by atoms with Gasteiger partial charge in [0.15, 0.2) is 5.78 Å². The summed E-state index contributed by atoms with van der Waals surface area (Å²) >= 11 is 0. The highest BCUT2D eigenvalue weighted by Crippen LogP contribution is 2.30. The Hall–Kier alpha value is -1.56. The van der Waals surface area contributed by atoms with Crippen LogP contribution in [0.4, 0.5) is 0 Å². The summed E-state index contributed by atoms with van der Waals surface area (Å²) in [7, 11) is 15.8. The summed E-state index contributed by atoms with van der Waals surface area (Å²) in [5.41, 5.74) is 6.52. The van der Waals surface area contributed by atoms with E-state index < -0.39 is 0 Å². The Kier molecular flexibility index (Phi) is 22.7. The number of hydrogen-bond donors (Lipinski definition) is 3. The molecule has 0 saturated carbocycles. The van der Waals surface area contributed by atoms with Crippen LogP contribution in [-0.4, -0.2) is 105 Å². The monoisotopic (exact) mass is 715 g/mol. The first-order valence-electron chi connectivity index (χ1n) is 13.3. The van der Waals surface area contributed by atoms with Gasteiger partial charge in [-0.3, -0.25) is 4.79 Å². The zero-order valence-corrected chi connectivity index (χ0v) is 30.9. The van der Waals surface area contributed by atoms with Crippen molar-refractivity contribution in [3.63, 3.8) is 0 Å². The van der Waals surface area contributed by atoms with E-state index >= 15 is 0 Å². The van der Waals surface area contributed by atoms with Crippen molar-refractivity contribution < 1.29 is 15.0 Å². The summed E-state index contributed by atoms with van der Waals surface area (Å²) in [6.07, 6.45) is 3.87. The fraction of sp³-hybridized carbons (Fsp3) is 0.452. The molecule has 1 saturated heterocycles. The van der Waals surface area contributed by atoms with Gasteiger partial charge in [-0.1, -0.05) is 0 Å². The SMILES string of the molecule is CN(C)Cc1cc(/C=C2\CNC/C(=C\c3cc(CN(C)C)c(O)c(CN(C)C)c3)C2=O)cc(CN(C)C)c1O.Cl.Cl.Cl.Cl.Cl. The van der Waals surface area contributed by atoms with E-state index in [1.165, 1.54) is 0 Å². The van der Waals surface area contributed by atoms with Crippen LogP contribution in [0.2, 0.25) is 0 Å². The summed E-state index contributed by atoms with van der Waals surface area (Å²) in [4.78, 5) is 21.7. The van der Waals surface area contributed by atoms with Crippen molar-refractivity contribution >= 4 is 80.0 Å². The number of phenolic OH excluding ortho intramolecular Hbond substituents is 2. The number of carbonyl (C=O) groups excluding carboxylic acids is 1. The van der Waals surface area contributed by atoms with Crippen LogP contribution in [0.3, 0.4) is 0 Å². The second kappa shape index (κ2) is 21.3. The number of halogens is 5. The van der Waals surface area contributed by atoms with Crippen LogP contribution < -0.4 is 5.32 Å². The molecule has 1 heterocycles. The highest BCUT2D eigenvalue weighted by atomic mass is 35.5. The molecule has 3 N–H and O–H groups in total. The molecule has 0 atom stereocenters. The van der Waals surface area contributed by atoms with Crippen LogP contribution in [-0.2, 0) is 31.0 Å². The van der Waals surface area contributed by atoms with Gasteiger partial charge in [-0.15, -0.1) is 62.0 Å². The van der Waals surface area contributed by atoms with Gasteiger partial charge in [0.05, 0.1) is 0 Å². The number of piperidine rings is 1. The molecular formula is C31H50Cl5N5O3. The van der Waals surface area contributed by atoms with E-state index in [1.807, 2.05) is 112 Å². The number of ketones is 1. The molecule has 0 radical (unpaired) electrons. The molecule has 0 aliphatic carbocycles. The molecule has 0 spiro atoms. The second-order valence-electron chi connectivity index (χ2n) is 11.6. The van der Waals surface area contributed by atoms with Crippen molar-refractivity contribution in [3.8, 4) is 11.5 Å². The van der Waals surface area contributed by atoms with E-state index in [9.17, 15) is 15.0 Å². The van der Waals surface area contributed by atoms with Crippen molar-refractivity contribution in [1.29, 1.82) is 0 Å². The van der Waals surface area contributed by atoms with Crippen LogP contribution >= 0.6 is 62.0 Å². The third kappa shape index (κ3) is 13.4. The topological polar surface area (TPSA) is 82.5 Å². The number of rotatable bonds is 10. The summed E-state index contributed by atoms with van der Waals surface area (Å²) < 4.78 is 0. The standard InChI is InChI=1S/C31H45N5O3.5ClH/c1-33(2)17-25-11-21(12-26(30(25)38)18-34(3)4)9-23-15-32-16-24(29(23)37)10-22-13-27(19-35(5)6)31(39)28(14-22)20-36(7)8;;;;;/h9-14,32,38-39H,15-20H2,1-8H3;5*1H/b23-9+,24-10+;;;;;. The zero-order valence-electron chi connectivity index (χ0n) is 26.8. The Balaban J connectivity index is -0.00000336. The van der Waals surface area contributed by atoms with Gasteiger partial charge < -0.3 is 35.1 Å². The predicted molar refractivity (Wildman–Crippen MR) is 196 cm³/mol. The molecule has 0 unspecified atom stereocenters. The minimum absolute atomic E-state index is 0. The first-order chi connectivity index (χ1) is 18.3. The van der Waals surface area contributed by atoms with Crippen LogP contribution in [0.25, 0.3) is 12.2 Å². The number of nitrogens with zero attached hydrogens (tertiary/aromatic N) is 4. The van der Waals surface area contributed by atoms with E-state index in [-0.39, 0.29) is 67.8 Å². The number of hydrogen-bond acceptors (Lipinski definition) is 8. The highest BCUT2D eigenvalue weighted by Gasteiger charge is 2.22. The number of benzene rings is 2. The zero-order chi connectivity index (χ0) is 28.9. The molecule has 2 aromatic carbocycles. The van der Waals surface area contributed by atoms with Crippen molar-refractivity contribution in [2.24, 2.45) is 0 Å². The van der Waals surface area contributed by atoms with Crippen LogP contribution in [0.1, 0.15) is 33.4 Å². The lowest BCUT2D eigenvalue weighted by Gasteiger charge is -2.21. The third-order valence-electron chi connectivity index (χ3n) is 6.42. The molecule has 252 valence electrons. The molecular weight excluding hydrogens is 668 g/mol. The maximum absolute atomic E-state index is 13.6. The van der Waals surface area contributed by atoms with E-state index in [4.69, 9.17) is 0 Å². The molecule has 0 bridgehead atoms. The van der Waals surface area contributed by atoms with Crippen LogP contribution in [0.5, 0.6) is 11.5 Å². The average Bonchev–Trinajstić information content (AvgIpc) is 2.81. The maximum atomic E-state index is 13.6. The lowest BCUT2D eigenvalue weighted by atomic mass is 9.93. The van der Waals surface area contributed by atoms with Crippen molar-refractivity contribution in [1.82, 2.24) is 24.9 Å². The van der Waals surface area contributed by atoms with Gasteiger partial charge in [0.25, 0.3) is 0 Å². The maximum Gasteiger partial charge on any atom is 0.187 e. The van der Waals surface area contributed by atoms with Gasteiger partial charge in [0.2, 0.25) is 0 Å². The fourth-order valence-electron chi connectivity index (χ4n) is 4.92. The van der Waals surface area contributed by atoms with Crippen LogP contribution in [0.15, 0.2) is 35.4 Å². The largest absolute Gasteiger partial charge is 0.507 e. The van der Waals surface area contributed by atoms with Gasteiger partial charge in [0.1, 0.15) is 11.5 Å². The predicted octanol–water partition coefficient (Wildman–Crippen LogP) is 5.09. The van der Waals surface area contributed by atoms with E-state index in [0.29, 0.717) is 61.9 Å². The molecule has 0 aromatic heterocycles. The minimum atomic E-state index is 0. The van der Waals surface area contributed by atoms with Gasteiger partial charge in [-0.25, -0.2) is 0 Å². The smallest absolute Gasteiger partial charge is 0.187 e. The molecule has 13 heteroatoms. The Labute approximate surface area is 294 Å². The number of carbonyl (C=O) groups is 1.